The Kier molecular flexibility index (Phi) is 2.66. The van der Waals surface area contributed by atoms with Gasteiger partial charge < -0.3 is 9.47 Å². The summed E-state index contributed by atoms with van der Waals surface area (Å²) < 4.78 is 11.0. The highest BCUT2D eigenvalue weighted by Gasteiger charge is 2.57. The van der Waals surface area contributed by atoms with Crippen molar-refractivity contribution in [2.75, 3.05) is 6.79 Å². The molecule has 3 aliphatic rings. The van der Waals surface area contributed by atoms with Gasteiger partial charge in [-0.3, -0.25) is 4.79 Å². The highest BCUT2D eigenvalue weighted by Crippen LogP contribution is 2.56. The zero-order valence-corrected chi connectivity index (χ0v) is 12.9. The molecule has 1 aliphatic heterocycles. The molecule has 1 heterocycles. The highest BCUT2D eigenvalue weighted by atomic mass is 16.7. The van der Waals surface area contributed by atoms with E-state index in [1.165, 1.54) is 11.1 Å². The third kappa shape index (κ3) is 1.52. The average molecular weight is 286 g/mol. The van der Waals surface area contributed by atoms with E-state index >= 15 is 0 Å². The molecule has 0 amide bonds. The van der Waals surface area contributed by atoms with E-state index in [4.69, 9.17) is 9.47 Å². The molecular formula is C18H22O3. The van der Waals surface area contributed by atoms with Gasteiger partial charge in [-0.25, -0.2) is 0 Å². The number of aryl methyl sites for hydroxylation is 1. The lowest BCUT2D eigenvalue weighted by Crippen LogP contribution is -2.39. The molecule has 4 atom stereocenters. The summed E-state index contributed by atoms with van der Waals surface area (Å²) >= 11 is 0. The van der Waals surface area contributed by atoms with Crippen LogP contribution in [-0.4, -0.2) is 12.6 Å². The lowest BCUT2D eigenvalue weighted by Gasteiger charge is -2.38. The Bertz CT molecular complexity index is 621. The molecule has 1 fully saturated rings. The lowest BCUT2D eigenvalue weighted by molar-refractivity contribution is -0.125. The largest absolute Gasteiger partial charge is 0.454 e. The summed E-state index contributed by atoms with van der Waals surface area (Å²) in [5.74, 6) is 3.21. The Morgan fingerprint density at radius 1 is 1.29 bits per heavy atom. The van der Waals surface area contributed by atoms with E-state index in [2.05, 4.69) is 32.9 Å². The maximum absolute atomic E-state index is 13.1. The third-order valence-electron chi connectivity index (χ3n) is 6.18. The first-order valence-corrected chi connectivity index (χ1v) is 8.04. The van der Waals surface area contributed by atoms with Gasteiger partial charge in [0.2, 0.25) is 6.79 Å². The molecule has 1 aromatic carbocycles. The summed E-state index contributed by atoms with van der Waals surface area (Å²) in [6.07, 6.45) is 3.10. The molecule has 1 aromatic rings. The highest BCUT2D eigenvalue weighted by molar-refractivity contribution is 5.95. The second kappa shape index (κ2) is 4.25. The van der Waals surface area contributed by atoms with Gasteiger partial charge in [0.15, 0.2) is 11.5 Å². The molecule has 0 bridgehead atoms. The molecule has 0 saturated heterocycles. The van der Waals surface area contributed by atoms with E-state index in [9.17, 15) is 4.79 Å². The molecular weight excluding hydrogens is 264 g/mol. The summed E-state index contributed by atoms with van der Waals surface area (Å²) in [6.45, 7) is 6.85. The van der Waals surface area contributed by atoms with Gasteiger partial charge in [-0.15, -0.1) is 0 Å². The first kappa shape index (κ1) is 13.2. The number of Topliss-reactive ketones (excluding diaryl/α,β-unsaturated/α-hetero) is 1. The third-order valence-corrected chi connectivity index (χ3v) is 6.18. The maximum atomic E-state index is 13.1. The minimum Gasteiger partial charge on any atom is -0.454 e. The van der Waals surface area contributed by atoms with Crippen molar-refractivity contribution >= 4 is 5.78 Å². The molecule has 112 valence electrons. The molecule has 0 aromatic heterocycles. The van der Waals surface area contributed by atoms with Crippen molar-refractivity contribution in [3.63, 3.8) is 0 Å². The standard InChI is InChI=1S/C18H22O3/c1-4-12-10(2)13-6-5-11-7-15-16(21-9-20-15)8-14(11)18(13,3)17(12)19/h7-8,10,12-13H,4-6,9H2,1-3H3/t10-,12-,13+,18-/m0/s1. The van der Waals surface area contributed by atoms with Crippen LogP contribution in [0.4, 0.5) is 0 Å². The van der Waals surface area contributed by atoms with Crippen LogP contribution in [0.5, 0.6) is 11.5 Å². The first-order chi connectivity index (χ1) is 10.1. The van der Waals surface area contributed by atoms with Crippen LogP contribution in [0.25, 0.3) is 0 Å². The van der Waals surface area contributed by atoms with Crippen molar-refractivity contribution in [3.8, 4) is 11.5 Å². The molecule has 0 spiro atoms. The predicted molar refractivity (Wildman–Crippen MR) is 79.7 cm³/mol. The second-order valence-electron chi connectivity index (χ2n) is 6.95. The smallest absolute Gasteiger partial charge is 0.231 e. The zero-order valence-electron chi connectivity index (χ0n) is 12.9. The van der Waals surface area contributed by atoms with Crippen molar-refractivity contribution in [2.45, 2.75) is 45.4 Å². The van der Waals surface area contributed by atoms with Crippen molar-refractivity contribution in [3.05, 3.63) is 23.3 Å². The number of ketones is 1. The quantitative estimate of drug-likeness (QED) is 0.793. The van der Waals surface area contributed by atoms with E-state index in [1.54, 1.807) is 0 Å². The van der Waals surface area contributed by atoms with Gasteiger partial charge >= 0.3 is 0 Å². The van der Waals surface area contributed by atoms with Crippen LogP contribution in [0.2, 0.25) is 0 Å². The number of hydrogen-bond donors (Lipinski definition) is 0. The van der Waals surface area contributed by atoms with Crippen molar-refractivity contribution < 1.29 is 14.3 Å². The van der Waals surface area contributed by atoms with E-state index < -0.39 is 0 Å². The summed E-state index contributed by atoms with van der Waals surface area (Å²) in [6, 6.07) is 4.17. The number of carbonyl (C=O) groups is 1. The van der Waals surface area contributed by atoms with Crippen molar-refractivity contribution in [1.82, 2.24) is 0 Å². The average Bonchev–Trinajstić information content (AvgIpc) is 3.00. The number of rotatable bonds is 1. The fourth-order valence-electron chi connectivity index (χ4n) is 5.04. The predicted octanol–water partition coefficient (Wildman–Crippen LogP) is 3.48. The SMILES string of the molecule is CC[C@@H]1C(=O)[C@]2(C)c3cc4c(cc3CC[C@@H]2[C@H]1C)OCO4. The molecule has 3 nitrogen and oxygen atoms in total. The normalized spacial score (nSPS) is 36.5. The molecule has 2 aliphatic carbocycles. The number of benzene rings is 1. The lowest BCUT2D eigenvalue weighted by atomic mass is 9.64. The number of hydrogen-bond acceptors (Lipinski definition) is 3. The molecule has 0 N–H and O–H groups in total. The van der Waals surface area contributed by atoms with Crippen LogP contribution in [-0.2, 0) is 16.6 Å². The maximum Gasteiger partial charge on any atom is 0.231 e. The van der Waals surface area contributed by atoms with Crippen molar-refractivity contribution in [1.29, 1.82) is 0 Å². The van der Waals surface area contributed by atoms with E-state index in [0.717, 1.165) is 30.8 Å². The monoisotopic (exact) mass is 286 g/mol. The molecule has 4 rings (SSSR count). The summed E-state index contributed by atoms with van der Waals surface area (Å²) in [7, 11) is 0. The van der Waals surface area contributed by atoms with Crippen LogP contribution >= 0.6 is 0 Å². The minimum atomic E-state index is -0.339. The molecule has 0 radical (unpaired) electrons. The fourth-order valence-corrected chi connectivity index (χ4v) is 5.04. The Morgan fingerprint density at radius 3 is 2.71 bits per heavy atom. The van der Waals surface area contributed by atoms with Gasteiger partial charge in [-0.2, -0.15) is 0 Å². The molecule has 1 saturated carbocycles. The van der Waals surface area contributed by atoms with Gasteiger partial charge in [0.1, 0.15) is 5.78 Å². The topological polar surface area (TPSA) is 35.5 Å². The molecule has 3 heteroatoms. The van der Waals surface area contributed by atoms with Crippen LogP contribution in [0.3, 0.4) is 0 Å². The van der Waals surface area contributed by atoms with Gasteiger partial charge in [-0.05, 0) is 61.3 Å². The zero-order chi connectivity index (χ0) is 14.8. The minimum absolute atomic E-state index is 0.205. The first-order valence-electron chi connectivity index (χ1n) is 8.04. The Hall–Kier alpha value is -1.51. The van der Waals surface area contributed by atoms with E-state index in [1.807, 2.05) is 0 Å². The van der Waals surface area contributed by atoms with Gasteiger partial charge in [0.05, 0.1) is 5.41 Å². The Labute approximate surface area is 125 Å². The number of fused-ring (bicyclic) bond motifs is 4. The second-order valence-corrected chi connectivity index (χ2v) is 6.95. The summed E-state index contributed by atoms with van der Waals surface area (Å²) in [5.41, 5.74) is 2.13. The van der Waals surface area contributed by atoms with Gasteiger partial charge in [0.25, 0.3) is 0 Å². The van der Waals surface area contributed by atoms with Crippen LogP contribution in [0, 0.1) is 17.8 Å². The van der Waals surface area contributed by atoms with Gasteiger partial charge in [-0.1, -0.05) is 13.8 Å². The van der Waals surface area contributed by atoms with E-state index in [-0.39, 0.29) is 11.3 Å². The number of carbonyl (C=O) groups excluding carboxylic acids is 1. The van der Waals surface area contributed by atoms with E-state index in [0.29, 0.717) is 24.4 Å². The van der Waals surface area contributed by atoms with Crippen LogP contribution < -0.4 is 9.47 Å². The summed E-state index contributed by atoms with van der Waals surface area (Å²) in [4.78, 5) is 13.1. The van der Waals surface area contributed by atoms with Gasteiger partial charge in [0, 0.05) is 5.92 Å². The Balaban J connectivity index is 1.89. The van der Waals surface area contributed by atoms with Crippen LogP contribution in [0.15, 0.2) is 12.1 Å². The molecule has 21 heavy (non-hydrogen) atoms. The number of ether oxygens (including phenoxy) is 2. The fraction of sp³-hybridized carbons (Fsp3) is 0.611. The van der Waals surface area contributed by atoms with Crippen molar-refractivity contribution in [2.24, 2.45) is 17.8 Å². The Morgan fingerprint density at radius 2 is 2.00 bits per heavy atom. The molecule has 0 unspecified atom stereocenters. The van der Waals surface area contributed by atoms with Crippen LogP contribution in [0.1, 0.15) is 44.7 Å². The summed E-state index contributed by atoms with van der Waals surface area (Å²) in [5, 5.41) is 0.